The Morgan fingerprint density at radius 2 is 0.941 bits per heavy atom. The molecule has 0 unspecified atom stereocenters. The standard InChI is InChI=1S/C12H10Ge.2C9H13.2ClH.Hf/c1-3-7-11(8-4-1)13-12-9-5-2-6-10-12;2*1-9(2,3)8-6-4-5-7-8;;;/h1-10H;2*4-7H,1-3H3;2*1H;/q;2*-1;;;+2/p-2. The predicted octanol–water partition coefficient (Wildman–Crippen LogP) is 8.12. The van der Waals surface area contributed by atoms with Crippen LogP contribution in [-0.4, -0.2) is 10.1 Å². The molecule has 0 aliphatic carbocycles. The molecule has 0 saturated carbocycles. The zero-order chi connectivity index (χ0) is 25.2. The van der Waals surface area contributed by atoms with Gasteiger partial charge in [0.2, 0.25) is 0 Å². The van der Waals surface area contributed by atoms with Crippen LogP contribution >= 0.6 is 17.2 Å². The maximum atomic E-state index is 6.37. The minimum atomic E-state index is -2.35. The summed E-state index contributed by atoms with van der Waals surface area (Å²) in [5.41, 5.74) is 3.48. The molecule has 34 heavy (non-hydrogen) atoms. The molecule has 0 bridgehead atoms. The van der Waals surface area contributed by atoms with Crippen LogP contribution in [0.25, 0.3) is 0 Å². The molecule has 0 nitrogen and oxygen atoms in total. The van der Waals surface area contributed by atoms with Gasteiger partial charge in [0.25, 0.3) is 0 Å². The second kappa shape index (κ2) is 14.0. The average molecular weight is 719 g/mol. The van der Waals surface area contributed by atoms with Gasteiger partial charge in [0.1, 0.15) is 0 Å². The summed E-state index contributed by atoms with van der Waals surface area (Å²) in [6.45, 7) is 13.3. The van der Waals surface area contributed by atoms with Crippen LogP contribution in [0.3, 0.4) is 0 Å². The summed E-state index contributed by atoms with van der Waals surface area (Å²) in [4.78, 5) is 0. The van der Waals surface area contributed by atoms with Crippen molar-refractivity contribution in [2.45, 2.75) is 52.4 Å². The van der Waals surface area contributed by atoms with Crippen molar-refractivity contribution in [1.82, 2.24) is 0 Å². The molecule has 0 fully saturated rings. The van der Waals surface area contributed by atoms with E-state index in [1.165, 1.54) is 19.9 Å². The van der Waals surface area contributed by atoms with Crippen molar-refractivity contribution in [3.63, 3.8) is 0 Å². The Hall–Kier alpha value is -0.867. The van der Waals surface area contributed by atoms with Gasteiger partial charge in [0.05, 0.1) is 0 Å². The topological polar surface area (TPSA) is 0 Å². The van der Waals surface area contributed by atoms with E-state index in [0.717, 1.165) is 0 Å². The fourth-order valence-electron chi connectivity index (χ4n) is 3.34. The maximum absolute atomic E-state index is 6.37. The van der Waals surface area contributed by atoms with Crippen molar-refractivity contribution in [3.05, 3.63) is 120 Å². The second-order valence-corrected chi connectivity index (χ2v) is 52.7. The van der Waals surface area contributed by atoms with Crippen LogP contribution in [0.5, 0.6) is 0 Å². The van der Waals surface area contributed by atoms with E-state index in [2.05, 4.69) is 139 Å². The summed E-state index contributed by atoms with van der Waals surface area (Å²) in [6, 6.07) is 38.1. The SMILES string of the molecule is CC(C)(C)c1cc[cH-]c1.CC(C)(C)c1cc[cH-]c1.[Cl][Hf]([Cl])=[Ge]([c]1ccccc1)[c]1ccccc1. The van der Waals surface area contributed by atoms with E-state index in [0.29, 0.717) is 10.8 Å². The molecule has 0 aromatic heterocycles. The first kappa shape index (κ1) is 29.4. The van der Waals surface area contributed by atoms with Gasteiger partial charge in [0.15, 0.2) is 0 Å². The van der Waals surface area contributed by atoms with E-state index < -0.39 is 26.0 Å². The summed E-state index contributed by atoms with van der Waals surface area (Å²) in [5.74, 6) is 0. The van der Waals surface area contributed by atoms with Crippen LogP contribution in [0, 0.1) is 0 Å². The first-order valence-electron chi connectivity index (χ1n) is 11.6. The van der Waals surface area contributed by atoms with Gasteiger partial charge in [-0.2, -0.15) is 47.5 Å². The molecule has 0 atom stereocenters. The van der Waals surface area contributed by atoms with Crippen molar-refractivity contribution in [2.24, 2.45) is 0 Å². The second-order valence-electron chi connectivity index (χ2n) is 10.2. The van der Waals surface area contributed by atoms with E-state index in [1.54, 1.807) is 0 Å². The van der Waals surface area contributed by atoms with Crippen molar-refractivity contribution < 1.29 is 16.0 Å². The third-order valence-corrected chi connectivity index (χ3v) is 43.9. The van der Waals surface area contributed by atoms with Crippen molar-refractivity contribution in [1.29, 1.82) is 0 Å². The van der Waals surface area contributed by atoms with Crippen LogP contribution in [0.2, 0.25) is 0 Å². The monoisotopic (exact) mass is 720 g/mol. The van der Waals surface area contributed by atoms with Crippen LogP contribution in [-0.2, 0) is 26.8 Å². The molecule has 0 heterocycles. The molecule has 0 aliphatic rings. The van der Waals surface area contributed by atoms with Gasteiger partial charge in [-0.15, -0.1) is 0 Å². The van der Waals surface area contributed by atoms with Crippen LogP contribution in [0.15, 0.2) is 109 Å². The summed E-state index contributed by atoms with van der Waals surface area (Å²) >= 11 is -2.35. The van der Waals surface area contributed by atoms with Crippen molar-refractivity contribution in [3.8, 4) is 0 Å². The first-order chi connectivity index (χ1) is 16.0. The molecule has 0 saturated heterocycles. The van der Waals surface area contributed by atoms with E-state index in [-0.39, 0.29) is 0 Å². The summed E-state index contributed by atoms with van der Waals surface area (Å²) < 4.78 is 2.81. The van der Waals surface area contributed by atoms with Crippen LogP contribution in [0.4, 0.5) is 0 Å². The average Bonchev–Trinajstić information content (AvgIpc) is 3.50. The molecule has 4 aromatic carbocycles. The van der Waals surface area contributed by atoms with E-state index in [1.807, 2.05) is 12.1 Å². The van der Waals surface area contributed by atoms with Gasteiger partial charge in [0, 0.05) is 0 Å². The predicted molar refractivity (Wildman–Crippen MR) is 151 cm³/mol. The van der Waals surface area contributed by atoms with Crippen LogP contribution in [0.1, 0.15) is 52.7 Å². The van der Waals surface area contributed by atoms with Gasteiger partial charge >= 0.3 is 113 Å². The molecule has 4 rings (SSSR count). The number of hydrogen-bond donors (Lipinski definition) is 0. The molecule has 4 heteroatoms. The van der Waals surface area contributed by atoms with Gasteiger partial charge in [-0.25, -0.2) is 12.1 Å². The third kappa shape index (κ3) is 10.0. The quantitative estimate of drug-likeness (QED) is 0.145. The molecule has 0 N–H and O–H groups in total. The molecule has 0 amide bonds. The van der Waals surface area contributed by atoms with Crippen molar-refractivity contribution >= 4 is 36.0 Å². The van der Waals surface area contributed by atoms with Gasteiger partial charge < -0.3 is 0 Å². The summed E-state index contributed by atoms with van der Waals surface area (Å²) in [7, 11) is 11.1. The fraction of sp³-hybridized carbons (Fsp3) is 0.267. The molecular formula is C30H36Cl2GeHf-2. The molecule has 4 aromatic rings. The van der Waals surface area contributed by atoms with E-state index in [9.17, 15) is 0 Å². The Balaban J connectivity index is 0.000000194. The molecule has 0 spiro atoms. The molecular weight excluding hydrogens is 682 g/mol. The summed E-state index contributed by atoms with van der Waals surface area (Å²) in [6.07, 6.45) is 0. The van der Waals surface area contributed by atoms with Gasteiger partial charge in [-0.3, -0.25) is 0 Å². The Kier molecular flexibility index (Phi) is 12.1. The number of rotatable bonds is 2. The fourth-order valence-corrected chi connectivity index (χ4v) is 40.1. The normalized spacial score (nSPS) is 10.9. The molecule has 0 aliphatic heterocycles. The van der Waals surface area contributed by atoms with Crippen LogP contribution < -0.4 is 8.79 Å². The van der Waals surface area contributed by atoms with Gasteiger partial charge in [-0.05, 0) is 0 Å². The Morgan fingerprint density at radius 3 is 1.15 bits per heavy atom. The minimum absolute atomic E-state index is 0.323. The zero-order valence-corrected chi connectivity index (χ0v) is 28.4. The van der Waals surface area contributed by atoms with E-state index >= 15 is 0 Å². The number of halogens is 2. The Bertz CT molecular complexity index is 1010. The Morgan fingerprint density at radius 1 is 0.588 bits per heavy atom. The third-order valence-electron chi connectivity index (χ3n) is 5.37. The van der Waals surface area contributed by atoms with Gasteiger partial charge in [-0.1, -0.05) is 52.4 Å². The van der Waals surface area contributed by atoms with Crippen molar-refractivity contribution in [2.75, 3.05) is 0 Å². The molecule has 180 valence electrons. The number of hydrogen-bond acceptors (Lipinski definition) is 0. The number of benzene rings is 2. The van der Waals surface area contributed by atoms with E-state index in [4.69, 9.17) is 17.2 Å². The first-order valence-corrected chi connectivity index (χ1v) is 33.0. The summed E-state index contributed by atoms with van der Waals surface area (Å²) in [5, 5.41) is 0. The zero-order valence-electron chi connectivity index (χ0n) is 21.1. The molecule has 0 radical (unpaired) electrons. The Labute approximate surface area is 222 Å².